The van der Waals surface area contributed by atoms with Crippen molar-refractivity contribution in [3.63, 3.8) is 0 Å². The van der Waals surface area contributed by atoms with Crippen molar-refractivity contribution in [2.75, 3.05) is 25.3 Å². The van der Waals surface area contributed by atoms with Crippen molar-refractivity contribution in [1.82, 2.24) is 15.0 Å². The lowest BCUT2D eigenvalue weighted by atomic mass is 10.2. The molecule has 2 aromatic heterocycles. The van der Waals surface area contributed by atoms with Gasteiger partial charge in [0.2, 0.25) is 0 Å². The Morgan fingerprint density at radius 2 is 1.68 bits per heavy atom. The largest absolute Gasteiger partial charge is 0.493 e. The van der Waals surface area contributed by atoms with Crippen LogP contribution in [0.3, 0.4) is 0 Å². The van der Waals surface area contributed by atoms with Gasteiger partial charge in [-0.2, -0.15) is 13.2 Å². The van der Waals surface area contributed by atoms with E-state index in [-0.39, 0.29) is 18.1 Å². The molecule has 3 rings (SSSR count). The topological polar surface area (TPSA) is 95.2 Å². The summed E-state index contributed by atoms with van der Waals surface area (Å²) >= 11 is 0. The van der Waals surface area contributed by atoms with Crippen LogP contribution in [0.1, 0.15) is 17.1 Å². The number of nitrogens with zero attached hydrogens (tertiary/aromatic N) is 3. The maximum Gasteiger partial charge on any atom is 0.416 e. The zero-order chi connectivity index (χ0) is 20.5. The molecular weight excluding hydrogens is 375 g/mol. The van der Waals surface area contributed by atoms with E-state index >= 15 is 0 Å². The number of hydrogen-bond donors (Lipinski definition) is 2. The summed E-state index contributed by atoms with van der Waals surface area (Å²) in [6.45, 7) is 1.70. The summed E-state index contributed by atoms with van der Waals surface area (Å²) < 4.78 is 49.5. The molecule has 3 aromatic rings. The number of pyridine rings is 1. The smallest absolute Gasteiger partial charge is 0.416 e. The van der Waals surface area contributed by atoms with Crippen LogP contribution in [0.5, 0.6) is 11.5 Å². The molecule has 0 unspecified atom stereocenters. The number of halogens is 3. The summed E-state index contributed by atoms with van der Waals surface area (Å²) in [5.74, 6) is 1.69. The lowest BCUT2D eigenvalue weighted by Crippen LogP contribution is -2.11. The van der Waals surface area contributed by atoms with Crippen molar-refractivity contribution in [1.29, 1.82) is 0 Å². The molecule has 10 heteroatoms. The lowest BCUT2D eigenvalue weighted by molar-refractivity contribution is -0.137. The summed E-state index contributed by atoms with van der Waals surface area (Å²) in [7, 11) is 3.02. The van der Waals surface area contributed by atoms with E-state index in [2.05, 4.69) is 20.3 Å². The second-order valence-corrected chi connectivity index (χ2v) is 5.97. The summed E-state index contributed by atoms with van der Waals surface area (Å²) in [6, 6.07) is 5.15. The van der Waals surface area contributed by atoms with E-state index in [9.17, 15) is 13.2 Å². The molecule has 0 fully saturated rings. The van der Waals surface area contributed by atoms with Crippen molar-refractivity contribution < 1.29 is 22.6 Å². The predicted molar refractivity (Wildman–Crippen MR) is 98.4 cm³/mol. The molecule has 0 atom stereocenters. The monoisotopic (exact) mass is 393 g/mol. The molecule has 148 valence electrons. The third kappa shape index (κ3) is 4.00. The molecule has 0 aliphatic rings. The molecule has 28 heavy (non-hydrogen) atoms. The van der Waals surface area contributed by atoms with Crippen molar-refractivity contribution in [2.45, 2.75) is 19.6 Å². The Bertz CT molecular complexity index is 1020. The van der Waals surface area contributed by atoms with Gasteiger partial charge in [0, 0.05) is 11.5 Å². The van der Waals surface area contributed by atoms with Gasteiger partial charge in [-0.05, 0) is 25.1 Å². The SMILES string of the molecule is COc1cc2nc(C)nc(NCc3cc(C(F)(F)F)cc(N)n3)c2cc1OC. The number of benzene rings is 1. The fraction of sp³-hybridized carbons (Fsp3) is 0.278. The number of alkyl halides is 3. The first kappa shape index (κ1) is 19.5. The van der Waals surface area contributed by atoms with E-state index in [4.69, 9.17) is 15.2 Å². The number of nitrogens with one attached hydrogen (secondary N) is 1. The first-order chi connectivity index (χ1) is 13.2. The molecule has 0 amide bonds. The zero-order valence-electron chi connectivity index (χ0n) is 15.4. The number of aryl methyl sites for hydroxylation is 1. The van der Waals surface area contributed by atoms with Crippen LogP contribution in [0, 0.1) is 6.92 Å². The van der Waals surface area contributed by atoms with Crippen molar-refractivity contribution in [2.24, 2.45) is 0 Å². The highest BCUT2D eigenvalue weighted by Crippen LogP contribution is 2.34. The Kier molecular flexibility index (Phi) is 5.12. The molecule has 1 aromatic carbocycles. The normalized spacial score (nSPS) is 11.5. The summed E-state index contributed by atoms with van der Waals surface area (Å²) in [5, 5.41) is 3.63. The molecule has 3 N–H and O–H groups in total. The van der Waals surface area contributed by atoms with Crippen molar-refractivity contribution >= 4 is 22.5 Å². The Morgan fingerprint density at radius 3 is 2.32 bits per heavy atom. The highest BCUT2D eigenvalue weighted by Gasteiger charge is 2.31. The molecule has 0 spiro atoms. The molecule has 0 radical (unpaired) electrons. The van der Waals surface area contributed by atoms with Gasteiger partial charge in [0.25, 0.3) is 0 Å². The number of hydrogen-bond acceptors (Lipinski definition) is 7. The predicted octanol–water partition coefficient (Wildman–Crippen LogP) is 3.56. The summed E-state index contributed by atoms with van der Waals surface area (Å²) in [5.41, 5.74) is 5.40. The number of ether oxygens (including phenoxy) is 2. The molecule has 0 aliphatic heterocycles. The van der Waals surface area contributed by atoms with Gasteiger partial charge >= 0.3 is 6.18 Å². The number of anilines is 2. The van der Waals surface area contributed by atoms with Gasteiger partial charge in [-0.15, -0.1) is 0 Å². The molecule has 7 nitrogen and oxygen atoms in total. The van der Waals surface area contributed by atoms with Crippen LogP contribution in [-0.4, -0.2) is 29.2 Å². The number of rotatable bonds is 5. The minimum absolute atomic E-state index is 0.00593. The van der Waals surface area contributed by atoms with E-state index in [1.165, 1.54) is 14.2 Å². The molecule has 0 bridgehead atoms. The average molecular weight is 393 g/mol. The van der Waals surface area contributed by atoms with Gasteiger partial charge < -0.3 is 20.5 Å². The second kappa shape index (κ2) is 7.37. The quantitative estimate of drug-likeness (QED) is 0.684. The fourth-order valence-electron chi connectivity index (χ4n) is 2.75. The number of nitrogen functional groups attached to an aromatic ring is 1. The second-order valence-electron chi connectivity index (χ2n) is 5.97. The van der Waals surface area contributed by atoms with Gasteiger partial charge in [0.05, 0.1) is 37.5 Å². The van der Waals surface area contributed by atoms with Gasteiger partial charge in [-0.1, -0.05) is 0 Å². The summed E-state index contributed by atoms with van der Waals surface area (Å²) in [4.78, 5) is 12.7. The van der Waals surface area contributed by atoms with E-state index in [0.717, 1.165) is 12.1 Å². The van der Waals surface area contributed by atoms with E-state index < -0.39 is 11.7 Å². The maximum atomic E-state index is 13.0. The van der Waals surface area contributed by atoms with Gasteiger partial charge in [0.15, 0.2) is 11.5 Å². The first-order valence-corrected chi connectivity index (χ1v) is 8.19. The van der Waals surface area contributed by atoms with Crippen molar-refractivity contribution in [3.05, 3.63) is 41.3 Å². The number of nitrogens with two attached hydrogens (primary N) is 1. The Labute approximate surface area is 158 Å². The molecule has 0 saturated heterocycles. The highest BCUT2D eigenvalue weighted by atomic mass is 19.4. The van der Waals surface area contributed by atoms with Crippen LogP contribution in [0.2, 0.25) is 0 Å². The van der Waals surface area contributed by atoms with Crippen molar-refractivity contribution in [3.8, 4) is 11.5 Å². The summed E-state index contributed by atoms with van der Waals surface area (Å²) in [6.07, 6.45) is -4.51. The maximum absolute atomic E-state index is 13.0. The molecule has 0 aliphatic carbocycles. The Morgan fingerprint density at radius 1 is 1.00 bits per heavy atom. The minimum Gasteiger partial charge on any atom is -0.493 e. The van der Waals surface area contributed by atoms with Crippen LogP contribution < -0.4 is 20.5 Å². The number of methoxy groups -OCH3 is 2. The van der Waals surface area contributed by atoms with E-state index in [0.29, 0.717) is 34.0 Å². The van der Waals surface area contributed by atoms with Gasteiger partial charge in [-0.3, -0.25) is 0 Å². The first-order valence-electron chi connectivity index (χ1n) is 8.19. The van der Waals surface area contributed by atoms with E-state index in [1.54, 1.807) is 19.1 Å². The third-order valence-corrected chi connectivity index (χ3v) is 3.98. The third-order valence-electron chi connectivity index (χ3n) is 3.98. The lowest BCUT2D eigenvalue weighted by Gasteiger charge is -2.14. The van der Waals surface area contributed by atoms with E-state index in [1.807, 2.05) is 0 Å². The van der Waals surface area contributed by atoms with Gasteiger partial charge in [0.1, 0.15) is 17.5 Å². The highest BCUT2D eigenvalue weighted by molar-refractivity contribution is 5.91. The fourth-order valence-corrected chi connectivity index (χ4v) is 2.75. The zero-order valence-corrected chi connectivity index (χ0v) is 15.4. The molecule has 0 saturated carbocycles. The van der Waals surface area contributed by atoms with Crippen LogP contribution in [0.25, 0.3) is 10.9 Å². The minimum atomic E-state index is -4.51. The van der Waals surface area contributed by atoms with Gasteiger partial charge in [-0.25, -0.2) is 15.0 Å². The Hall–Kier alpha value is -3.30. The standard InChI is InChI=1S/C18H18F3N5O2/c1-9-24-13-7-15(28-3)14(27-2)6-12(13)17(25-9)23-8-11-4-10(18(19,20)21)5-16(22)26-11/h4-7H,8H2,1-3H3,(H2,22,26)(H,23,24,25). The van der Waals surface area contributed by atoms with Crippen LogP contribution >= 0.6 is 0 Å². The average Bonchev–Trinajstić information content (AvgIpc) is 2.63. The molecular formula is C18H18F3N5O2. The van der Waals surface area contributed by atoms with Crippen LogP contribution in [-0.2, 0) is 12.7 Å². The number of fused-ring (bicyclic) bond motifs is 1. The number of aromatic nitrogens is 3. The molecule has 2 heterocycles. The Balaban J connectivity index is 1.98. The van der Waals surface area contributed by atoms with Crippen LogP contribution in [0.4, 0.5) is 24.8 Å². The van der Waals surface area contributed by atoms with Crippen LogP contribution in [0.15, 0.2) is 24.3 Å².